The van der Waals surface area contributed by atoms with Crippen molar-refractivity contribution in [2.75, 3.05) is 12.4 Å². The minimum atomic E-state index is -0.537. The number of carbonyl (C=O) groups excluding carboxylic acids is 1. The lowest BCUT2D eigenvalue weighted by atomic mass is 10.1. The molecule has 0 atom stereocenters. The summed E-state index contributed by atoms with van der Waals surface area (Å²) in [4.78, 5) is 17.0. The molecule has 2 aromatic carbocycles. The molecule has 0 saturated heterocycles. The lowest BCUT2D eigenvalue weighted by molar-refractivity contribution is 0.102. The number of pyridine rings is 1. The first-order valence-corrected chi connectivity index (χ1v) is 8.51. The number of methoxy groups -OCH3 is 1. The molecule has 1 heterocycles. The van der Waals surface area contributed by atoms with E-state index in [2.05, 4.69) is 10.3 Å². The number of halogens is 4. The number of nitrogens with one attached hydrogen (secondary N) is 1. The molecule has 0 spiro atoms. The molecule has 3 aromatic rings. The molecular formula is C17H10Cl4N2O2. The maximum atomic E-state index is 12.7. The van der Waals surface area contributed by atoms with Gasteiger partial charge in [-0.25, -0.2) is 0 Å². The second-order valence-electron chi connectivity index (χ2n) is 5.01. The van der Waals surface area contributed by atoms with Crippen LogP contribution in [0.3, 0.4) is 0 Å². The van der Waals surface area contributed by atoms with Gasteiger partial charge in [-0.1, -0.05) is 46.4 Å². The highest BCUT2D eigenvalue weighted by molar-refractivity contribution is 6.43. The van der Waals surface area contributed by atoms with Gasteiger partial charge in [0.25, 0.3) is 5.91 Å². The van der Waals surface area contributed by atoms with Crippen LogP contribution in [0, 0.1) is 0 Å². The number of aromatic nitrogens is 1. The van der Waals surface area contributed by atoms with Crippen LogP contribution in [-0.4, -0.2) is 18.0 Å². The van der Waals surface area contributed by atoms with E-state index < -0.39 is 5.91 Å². The second kappa shape index (κ2) is 7.26. The zero-order valence-corrected chi connectivity index (χ0v) is 15.8. The molecule has 25 heavy (non-hydrogen) atoms. The minimum absolute atomic E-state index is 0.0813. The number of ether oxygens (including phenoxy) is 1. The highest BCUT2D eigenvalue weighted by Crippen LogP contribution is 2.37. The zero-order chi connectivity index (χ0) is 18.1. The molecule has 0 aliphatic heterocycles. The Morgan fingerprint density at radius 1 is 1.08 bits per heavy atom. The van der Waals surface area contributed by atoms with Crippen LogP contribution in [0.1, 0.15) is 10.4 Å². The van der Waals surface area contributed by atoms with Crippen molar-refractivity contribution in [2.24, 2.45) is 0 Å². The van der Waals surface area contributed by atoms with Crippen molar-refractivity contribution in [1.29, 1.82) is 0 Å². The minimum Gasteiger partial charge on any atom is -0.495 e. The first kappa shape index (κ1) is 18.1. The quantitative estimate of drug-likeness (QED) is 0.561. The number of nitrogens with zero attached hydrogens (tertiary/aromatic N) is 1. The Morgan fingerprint density at radius 2 is 1.84 bits per heavy atom. The summed E-state index contributed by atoms with van der Waals surface area (Å²) in [6.07, 6.45) is 1.58. The van der Waals surface area contributed by atoms with E-state index in [1.54, 1.807) is 24.4 Å². The number of fused-ring (bicyclic) bond motifs is 1. The Kier molecular flexibility index (Phi) is 5.25. The van der Waals surface area contributed by atoms with Gasteiger partial charge >= 0.3 is 0 Å². The molecule has 0 fully saturated rings. The van der Waals surface area contributed by atoms with E-state index in [4.69, 9.17) is 51.1 Å². The standard InChI is InChI=1S/C17H10Cl4N2O2/c1-25-12-5-4-9(18)13(14(12)21)17(24)23-16-11(20)7-10(19)8-3-2-6-22-15(8)16/h2-7H,1H3,(H,23,24). The van der Waals surface area contributed by atoms with E-state index in [9.17, 15) is 4.79 Å². The molecule has 4 nitrogen and oxygen atoms in total. The van der Waals surface area contributed by atoms with Crippen molar-refractivity contribution in [3.63, 3.8) is 0 Å². The molecule has 0 aliphatic rings. The monoisotopic (exact) mass is 414 g/mol. The number of benzene rings is 2. The number of rotatable bonds is 3. The van der Waals surface area contributed by atoms with E-state index >= 15 is 0 Å². The van der Waals surface area contributed by atoms with Crippen LogP contribution in [0.4, 0.5) is 5.69 Å². The summed E-state index contributed by atoms with van der Waals surface area (Å²) in [7, 11) is 1.45. The molecule has 0 unspecified atom stereocenters. The van der Waals surface area contributed by atoms with Crippen molar-refractivity contribution in [3.8, 4) is 5.75 Å². The van der Waals surface area contributed by atoms with Gasteiger partial charge in [-0.15, -0.1) is 0 Å². The molecule has 0 aliphatic carbocycles. The Labute approximate surface area is 163 Å². The van der Waals surface area contributed by atoms with Gasteiger partial charge in [-0.05, 0) is 30.3 Å². The molecule has 8 heteroatoms. The molecule has 1 N–H and O–H groups in total. The molecule has 1 aromatic heterocycles. The first-order chi connectivity index (χ1) is 11.9. The van der Waals surface area contributed by atoms with Gasteiger partial charge < -0.3 is 10.1 Å². The highest BCUT2D eigenvalue weighted by Gasteiger charge is 2.21. The zero-order valence-electron chi connectivity index (χ0n) is 12.7. The predicted octanol–water partition coefficient (Wildman–Crippen LogP) is 6.11. The third-order valence-electron chi connectivity index (χ3n) is 3.54. The lowest BCUT2D eigenvalue weighted by Gasteiger charge is -2.14. The molecule has 3 rings (SSSR count). The van der Waals surface area contributed by atoms with Gasteiger partial charge in [0.2, 0.25) is 0 Å². The molecule has 128 valence electrons. The Hall–Kier alpha value is -1.72. The summed E-state index contributed by atoms with van der Waals surface area (Å²) in [6.45, 7) is 0. The van der Waals surface area contributed by atoms with E-state index in [0.717, 1.165) is 0 Å². The fourth-order valence-electron chi connectivity index (χ4n) is 2.37. The Balaban J connectivity index is 2.10. The third-order valence-corrected chi connectivity index (χ3v) is 4.84. The van der Waals surface area contributed by atoms with Gasteiger partial charge in [0.15, 0.2) is 0 Å². The predicted molar refractivity (Wildman–Crippen MR) is 103 cm³/mol. The van der Waals surface area contributed by atoms with Gasteiger partial charge in [0, 0.05) is 11.6 Å². The average Bonchev–Trinajstić information content (AvgIpc) is 2.59. The summed E-state index contributed by atoms with van der Waals surface area (Å²) in [5.74, 6) is -0.202. The van der Waals surface area contributed by atoms with E-state index in [1.165, 1.54) is 19.2 Å². The Bertz CT molecular complexity index is 992. The normalized spacial score (nSPS) is 10.8. The van der Waals surface area contributed by atoms with Crippen molar-refractivity contribution >= 4 is 68.9 Å². The number of carbonyl (C=O) groups is 1. The van der Waals surface area contributed by atoms with E-state index in [1.807, 2.05) is 0 Å². The van der Waals surface area contributed by atoms with Gasteiger partial charge in [-0.2, -0.15) is 0 Å². The second-order valence-corrected chi connectivity index (χ2v) is 6.61. The number of hydrogen-bond acceptors (Lipinski definition) is 3. The molecule has 1 amide bonds. The van der Waals surface area contributed by atoms with Crippen LogP contribution >= 0.6 is 46.4 Å². The summed E-state index contributed by atoms with van der Waals surface area (Å²) >= 11 is 24.8. The average molecular weight is 416 g/mol. The third kappa shape index (κ3) is 3.35. The highest BCUT2D eigenvalue weighted by atomic mass is 35.5. The van der Waals surface area contributed by atoms with Crippen molar-refractivity contribution in [1.82, 2.24) is 4.98 Å². The van der Waals surface area contributed by atoms with Crippen LogP contribution in [-0.2, 0) is 0 Å². The summed E-state index contributed by atoms with van der Waals surface area (Å²) < 4.78 is 5.12. The SMILES string of the molecule is COc1ccc(Cl)c(C(=O)Nc2c(Cl)cc(Cl)c3cccnc23)c1Cl. The lowest BCUT2D eigenvalue weighted by Crippen LogP contribution is -2.14. The van der Waals surface area contributed by atoms with E-state index in [-0.39, 0.29) is 20.6 Å². The maximum Gasteiger partial charge on any atom is 0.258 e. The summed E-state index contributed by atoms with van der Waals surface area (Å²) in [6, 6.07) is 8.16. The smallest absolute Gasteiger partial charge is 0.258 e. The number of anilines is 1. The van der Waals surface area contributed by atoms with Crippen molar-refractivity contribution < 1.29 is 9.53 Å². The maximum absolute atomic E-state index is 12.7. The molecule has 0 saturated carbocycles. The summed E-state index contributed by atoms with van der Waals surface area (Å²) in [5.41, 5.74) is 0.864. The first-order valence-electron chi connectivity index (χ1n) is 7.00. The molecular weight excluding hydrogens is 406 g/mol. The largest absolute Gasteiger partial charge is 0.495 e. The van der Waals surface area contributed by atoms with Gasteiger partial charge in [-0.3, -0.25) is 9.78 Å². The van der Waals surface area contributed by atoms with Crippen LogP contribution in [0.15, 0.2) is 36.5 Å². The summed E-state index contributed by atoms with van der Waals surface area (Å²) in [5, 5.41) is 4.35. The number of amides is 1. The van der Waals surface area contributed by atoms with Crippen molar-refractivity contribution in [2.45, 2.75) is 0 Å². The van der Waals surface area contributed by atoms with Crippen LogP contribution in [0.5, 0.6) is 5.75 Å². The van der Waals surface area contributed by atoms with Crippen LogP contribution in [0.25, 0.3) is 10.9 Å². The molecule has 0 bridgehead atoms. The van der Waals surface area contributed by atoms with Gasteiger partial charge in [0.05, 0.1) is 44.0 Å². The topological polar surface area (TPSA) is 51.2 Å². The fraction of sp³-hybridized carbons (Fsp3) is 0.0588. The van der Waals surface area contributed by atoms with Crippen molar-refractivity contribution in [3.05, 3.63) is 62.2 Å². The van der Waals surface area contributed by atoms with Crippen LogP contribution < -0.4 is 10.1 Å². The molecule has 0 radical (unpaired) electrons. The van der Waals surface area contributed by atoms with Gasteiger partial charge in [0.1, 0.15) is 5.75 Å². The Morgan fingerprint density at radius 3 is 2.56 bits per heavy atom. The van der Waals surface area contributed by atoms with E-state index in [0.29, 0.717) is 27.4 Å². The van der Waals surface area contributed by atoms with Crippen LogP contribution in [0.2, 0.25) is 20.1 Å². The fourth-order valence-corrected chi connectivity index (χ4v) is 3.55. The number of hydrogen-bond donors (Lipinski definition) is 1.